The van der Waals surface area contributed by atoms with Crippen molar-refractivity contribution in [2.75, 3.05) is 31.1 Å². The Morgan fingerprint density at radius 2 is 1.82 bits per heavy atom. The van der Waals surface area contributed by atoms with Crippen LogP contribution in [0.4, 0.5) is 10.6 Å². The maximum Gasteiger partial charge on any atom is 0.506 e. The molecule has 5 fully saturated rings. The van der Waals surface area contributed by atoms with Crippen LogP contribution < -0.4 is 10.2 Å². The summed E-state index contributed by atoms with van der Waals surface area (Å²) in [6, 6.07) is 1.87. The number of carbonyl (C=O) groups is 2. The van der Waals surface area contributed by atoms with Crippen LogP contribution >= 0.6 is 11.6 Å². The fourth-order valence-corrected chi connectivity index (χ4v) is 7.10. The van der Waals surface area contributed by atoms with Crippen LogP contribution in [0.15, 0.2) is 12.4 Å². The number of halogens is 1. The molecular formula is C23H32ClN5O4. The Kier molecular flexibility index (Phi) is 5.68. The van der Waals surface area contributed by atoms with Gasteiger partial charge in [0.15, 0.2) is 0 Å². The molecule has 180 valence electrons. The van der Waals surface area contributed by atoms with E-state index in [0.717, 1.165) is 64.1 Å². The third-order valence-corrected chi connectivity index (χ3v) is 8.59. The van der Waals surface area contributed by atoms with E-state index < -0.39 is 17.3 Å². The van der Waals surface area contributed by atoms with Crippen molar-refractivity contribution in [2.45, 2.75) is 63.1 Å². The molecule has 0 aromatic carbocycles. The molecule has 2 atom stereocenters. The molecule has 10 heteroatoms. The van der Waals surface area contributed by atoms with Crippen molar-refractivity contribution in [1.82, 2.24) is 20.2 Å². The van der Waals surface area contributed by atoms with Gasteiger partial charge in [-0.25, -0.2) is 14.8 Å². The van der Waals surface area contributed by atoms with Gasteiger partial charge in [-0.3, -0.25) is 9.69 Å². The maximum atomic E-state index is 13.5. The summed E-state index contributed by atoms with van der Waals surface area (Å²) >= 11 is 6.01. The number of anilines is 1. The van der Waals surface area contributed by atoms with E-state index in [1.807, 2.05) is 13.8 Å². The number of nitrogens with zero attached hydrogens (tertiary/aromatic N) is 4. The van der Waals surface area contributed by atoms with Crippen molar-refractivity contribution >= 4 is 29.5 Å². The lowest BCUT2D eigenvalue weighted by Crippen LogP contribution is -2.66. The lowest BCUT2D eigenvalue weighted by molar-refractivity contribution is -0.157. The van der Waals surface area contributed by atoms with Crippen LogP contribution in [-0.4, -0.2) is 75.4 Å². The summed E-state index contributed by atoms with van der Waals surface area (Å²) in [5.74, 6) is 1.94. The van der Waals surface area contributed by atoms with E-state index in [1.165, 1.54) is 6.33 Å². The number of carbonyl (C=O) groups excluding carboxylic acids is 1. The summed E-state index contributed by atoms with van der Waals surface area (Å²) in [5, 5.41) is 13.0. The van der Waals surface area contributed by atoms with Gasteiger partial charge >= 0.3 is 6.16 Å². The first-order valence-electron chi connectivity index (χ1n) is 11.9. The number of amides is 1. The zero-order valence-corrected chi connectivity index (χ0v) is 19.9. The zero-order chi connectivity index (χ0) is 23.4. The molecule has 1 aromatic heterocycles. The number of piperazine rings is 1. The Hall–Kier alpha value is -2.13. The fraction of sp³-hybridized carbons (Fsp3) is 0.739. The molecule has 1 aliphatic heterocycles. The first kappa shape index (κ1) is 22.7. The van der Waals surface area contributed by atoms with Crippen LogP contribution in [0.1, 0.15) is 46.0 Å². The van der Waals surface area contributed by atoms with E-state index in [2.05, 4.69) is 25.1 Å². The standard InChI is InChI=1S/C23H32ClN5O4/c1-22(2,29-5-3-28(4-6-29)18-9-17(24)25-13-26-18)20(30)27-19-15-7-14-8-16(19)12-23(10-14,11-15)33-21(31)32/h9,13-16,19H,3-8,10-12H2,1-2H3,(H,27,30)(H,31,32). The van der Waals surface area contributed by atoms with E-state index in [-0.39, 0.29) is 23.8 Å². The highest BCUT2D eigenvalue weighted by molar-refractivity contribution is 6.29. The fourth-order valence-electron chi connectivity index (χ4n) is 6.96. The van der Waals surface area contributed by atoms with Gasteiger partial charge in [-0.05, 0) is 63.7 Å². The number of aromatic nitrogens is 2. The van der Waals surface area contributed by atoms with Crippen LogP contribution in [0.2, 0.25) is 5.15 Å². The smallest absolute Gasteiger partial charge is 0.450 e. The molecule has 0 spiro atoms. The largest absolute Gasteiger partial charge is 0.506 e. The van der Waals surface area contributed by atoms with Gasteiger partial charge in [-0.1, -0.05) is 11.6 Å². The predicted octanol–water partition coefficient (Wildman–Crippen LogP) is 2.79. The second-order valence-corrected chi connectivity index (χ2v) is 11.1. The highest BCUT2D eigenvalue weighted by Gasteiger charge is 2.58. The Labute approximate surface area is 198 Å². The maximum absolute atomic E-state index is 13.5. The van der Waals surface area contributed by atoms with E-state index >= 15 is 0 Å². The van der Waals surface area contributed by atoms with E-state index in [4.69, 9.17) is 16.3 Å². The van der Waals surface area contributed by atoms with Gasteiger partial charge < -0.3 is 20.1 Å². The molecule has 1 amide bonds. The van der Waals surface area contributed by atoms with E-state index in [1.54, 1.807) is 6.07 Å². The van der Waals surface area contributed by atoms with Gasteiger partial charge in [0.25, 0.3) is 0 Å². The van der Waals surface area contributed by atoms with E-state index in [9.17, 15) is 14.7 Å². The van der Waals surface area contributed by atoms with Crippen molar-refractivity contribution in [3.05, 3.63) is 17.5 Å². The molecule has 2 N–H and O–H groups in total. The molecule has 2 heterocycles. The number of rotatable bonds is 5. The Bertz CT molecular complexity index is 919. The van der Waals surface area contributed by atoms with Crippen LogP contribution in [0, 0.1) is 17.8 Å². The minimum atomic E-state index is -1.18. The van der Waals surface area contributed by atoms with Crippen molar-refractivity contribution in [1.29, 1.82) is 0 Å². The SMILES string of the molecule is CC(C)(C(=O)NC1C2CC3CC1CC(OC(=O)O)(C3)C2)N1CCN(c2cc(Cl)ncn2)CC1. The summed E-state index contributed by atoms with van der Waals surface area (Å²) in [4.78, 5) is 37.4. The van der Waals surface area contributed by atoms with Gasteiger partial charge in [0.1, 0.15) is 22.9 Å². The number of hydrogen-bond donors (Lipinski definition) is 2. The lowest BCUT2D eigenvalue weighted by atomic mass is 9.52. The third-order valence-electron chi connectivity index (χ3n) is 8.39. The number of ether oxygens (including phenoxy) is 1. The van der Waals surface area contributed by atoms with Gasteiger partial charge in [0.05, 0.1) is 5.54 Å². The van der Waals surface area contributed by atoms with Crippen LogP contribution in [0.5, 0.6) is 0 Å². The second kappa shape index (κ2) is 8.27. The monoisotopic (exact) mass is 477 g/mol. The van der Waals surface area contributed by atoms with Crippen molar-refractivity contribution < 1.29 is 19.4 Å². The quantitative estimate of drug-likeness (QED) is 0.492. The predicted molar refractivity (Wildman–Crippen MR) is 122 cm³/mol. The average molecular weight is 478 g/mol. The molecule has 4 bridgehead atoms. The van der Waals surface area contributed by atoms with Crippen LogP contribution in [0.3, 0.4) is 0 Å². The summed E-state index contributed by atoms with van der Waals surface area (Å²) in [6.45, 7) is 6.99. The lowest BCUT2D eigenvalue weighted by Gasteiger charge is -2.59. The van der Waals surface area contributed by atoms with Crippen LogP contribution in [0.25, 0.3) is 0 Å². The highest BCUT2D eigenvalue weighted by Crippen LogP contribution is 2.57. The Morgan fingerprint density at radius 1 is 1.15 bits per heavy atom. The number of carboxylic acid groups (broad SMARTS) is 1. The average Bonchev–Trinajstić information content (AvgIpc) is 2.75. The van der Waals surface area contributed by atoms with Gasteiger partial charge in [-0.15, -0.1) is 0 Å². The molecule has 4 saturated carbocycles. The highest BCUT2D eigenvalue weighted by atomic mass is 35.5. The molecule has 2 unspecified atom stereocenters. The first-order valence-corrected chi connectivity index (χ1v) is 12.2. The zero-order valence-electron chi connectivity index (χ0n) is 19.2. The van der Waals surface area contributed by atoms with Crippen molar-refractivity contribution in [3.63, 3.8) is 0 Å². The molecule has 0 radical (unpaired) electrons. The molecule has 1 saturated heterocycles. The minimum absolute atomic E-state index is 0.0479. The second-order valence-electron chi connectivity index (χ2n) is 10.8. The number of nitrogens with one attached hydrogen (secondary N) is 1. The molecule has 1 aromatic rings. The summed E-state index contributed by atoms with van der Waals surface area (Å²) in [7, 11) is 0. The molecule has 33 heavy (non-hydrogen) atoms. The minimum Gasteiger partial charge on any atom is -0.450 e. The van der Waals surface area contributed by atoms with E-state index in [0.29, 0.717) is 11.1 Å². The molecular weight excluding hydrogens is 446 g/mol. The molecule has 4 aliphatic carbocycles. The van der Waals surface area contributed by atoms with Crippen molar-refractivity contribution in [3.8, 4) is 0 Å². The summed E-state index contributed by atoms with van der Waals surface area (Å²) in [6.07, 6.45) is 4.66. The summed E-state index contributed by atoms with van der Waals surface area (Å²) in [5.41, 5.74) is -1.18. The van der Waals surface area contributed by atoms with Crippen molar-refractivity contribution in [2.24, 2.45) is 17.8 Å². The van der Waals surface area contributed by atoms with Gasteiger partial charge in [-0.2, -0.15) is 0 Å². The third kappa shape index (κ3) is 4.25. The Morgan fingerprint density at radius 3 is 2.42 bits per heavy atom. The topological polar surface area (TPSA) is 108 Å². The Balaban J connectivity index is 1.21. The first-order chi connectivity index (χ1) is 15.6. The summed E-state index contributed by atoms with van der Waals surface area (Å²) < 4.78 is 5.39. The van der Waals surface area contributed by atoms with Crippen LogP contribution in [-0.2, 0) is 9.53 Å². The number of hydrogen-bond acceptors (Lipinski definition) is 7. The van der Waals surface area contributed by atoms with Gasteiger partial charge in [0.2, 0.25) is 5.91 Å². The normalized spacial score (nSPS) is 33.7. The molecule has 5 aliphatic rings. The van der Waals surface area contributed by atoms with Gasteiger partial charge in [0, 0.05) is 38.3 Å². The molecule has 6 rings (SSSR count). The molecule has 9 nitrogen and oxygen atoms in total.